The predicted octanol–water partition coefficient (Wildman–Crippen LogP) is 3.13. The van der Waals surface area contributed by atoms with Crippen molar-refractivity contribution in [2.75, 3.05) is 0 Å². The Labute approximate surface area is 122 Å². The van der Waals surface area contributed by atoms with Crippen molar-refractivity contribution in [1.82, 2.24) is 4.98 Å². The maximum absolute atomic E-state index is 11.2. The summed E-state index contributed by atoms with van der Waals surface area (Å²) in [6.45, 7) is 3.98. The first-order valence-corrected chi connectivity index (χ1v) is 6.85. The zero-order chi connectivity index (χ0) is 15.0. The molecule has 4 nitrogen and oxygen atoms in total. The summed E-state index contributed by atoms with van der Waals surface area (Å²) in [6, 6.07) is 15.1. The van der Waals surface area contributed by atoms with Crippen LogP contribution in [0.15, 0.2) is 57.7 Å². The molecule has 0 spiro atoms. The molecule has 0 aliphatic rings. The summed E-state index contributed by atoms with van der Waals surface area (Å²) < 4.78 is 5.05. The first-order valence-electron chi connectivity index (χ1n) is 6.85. The molecule has 0 radical (unpaired) electrons. The molecule has 1 aromatic heterocycles. The predicted molar refractivity (Wildman–Crippen MR) is 81.3 cm³/mol. The van der Waals surface area contributed by atoms with Gasteiger partial charge in [0.1, 0.15) is 0 Å². The Balaban J connectivity index is 2.02. The molecule has 2 aromatic carbocycles. The summed E-state index contributed by atoms with van der Waals surface area (Å²) in [5.41, 5.74) is 2.41. The van der Waals surface area contributed by atoms with Gasteiger partial charge < -0.3 is 9.52 Å². The van der Waals surface area contributed by atoms with E-state index < -0.39 is 17.3 Å². The number of nitrogens with one attached hydrogen (secondary N) is 1. The molecule has 1 unspecified atom stereocenters. The van der Waals surface area contributed by atoms with Crippen molar-refractivity contribution in [1.29, 1.82) is 0 Å². The molecular formula is C17H17NO3. The lowest BCUT2D eigenvalue weighted by atomic mass is 9.77. The largest absolute Gasteiger partial charge is 0.417 e. The van der Waals surface area contributed by atoms with Crippen molar-refractivity contribution in [2.24, 2.45) is 0 Å². The molecule has 0 fully saturated rings. The first-order chi connectivity index (χ1) is 9.98. The van der Waals surface area contributed by atoms with E-state index in [4.69, 9.17) is 4.42 Å². The van der Waals surface area contributed by atoms with Gasteiger partial charge in [0, 0.05) is 5.41 Å². The molecule has 0 aliphatic carbocycles. The lowest BCUT2D eigenvalue weighted by Gasteiger charge is -2.31. The molecule has 1 heterocycles. The minimum absolute atomic E-state index is 0.453. The van der Waals surface area contributed by atoms with Crippen molar-refractivity contribution < 1.29 is 9.52 Å². The maximum Gasteiger partial charge on any atom is 0.417 e. The second kappa shape index (κ2) is 4.90. The number of aromatic amines is 1. The van der Waals surface area contributed by atoms with Gasteiger partial charge in [0.2, 0.25) is 0 Å². The van der Waals surface area contributed by atoms with Crippen LogP contribution in [0, 0.1) is 0 Å². The number of hydrogen-bond acceptors (Lipinski definition) is 3. The fourth-order valence-corrected chi connectivity index (χ4v) is 2.57. The molecule has 1 atom stereocenters. The second-order valence-corrected chi connectivity index (χ2v) is 5.76. The van der Waals surface area contributed by atoms with E-state index in [9.17, 15) is 9.90 Å². The molecule has 0 saturated heterocycles. The van der Waals surface area contributed by atoms with Crippen LogP contribution in [0.1, 0.15) is 31.1 Å². The van der Waals surface area contributed by atoms with Gasteiger partial charge in [-0.15, -0.1) is 0 Å². The number of rotatable bonds is 3. The number of fused-ring (bicyclic) bond motifs is 1. The number of aliphatic hydroxyl groups excluding tert-OH is 1. The van der Waals surface area contributed by atoms with Crippen molar-refractivity contribution in [3.63, 3.8) is 0 Å². The lowest BCUT2D eigenvalue weighted by molar-refractivity contribution is 0.100. The summed E-state index contributed by atoms with van der Waals surface area (Å²) in [4.78, 5) is 13.8. The molecule has 0 bridgehead atoms. The Morgan fingerprint density at radius 1 is 1.14 bits per heavy atom. The summed E-state index contributed by atoms with van der Waals surface area (Å²) in [5, 5.41) is 10.7. The Morgan fingerprint density at radius 2 is 1.86 bits per heavy atom. The fourth-order valence-electron chi connectivity index (χ4n) is 2.57. The second-order valence-electron chi connectivity index (χ2n) is 5.76. The van der Waals surface area contributed by atoms with E-state index in [0.717, 1.165) is 11.1 Å². The molecular weight excluding hydrogens is 266 g/mol. The zero-order valence-electron chi connectivity index (χ0n) is 12.0. The Hall–Kier alpha value is -2.33. The smallest absolute Gasteiger partial charge is 0.408 e. The minimum atomic E-state index is -0.704. The van der Waals surface area contributed by atoms with Gasteiger partial charge in [-0.1, -0.05) is 50.2 Å². The number of hydrogen-bond donors (Lipinski definition) is 2. The molecule has 21 heavy (non-hydrogen) atoms. The van der Waals surface area contributed by atoms with Crippen molar-refractivity contribution in [2.45, 2.75) is 25.4 Å². The minimum Gasteiger partial charge on any atom is -0.408 e. The van der Waals surface area contributed by atoms with E-state index in [1.165, 1.54) is 0 Å². The number of aliphatic hydroxyl groups is 1. The van der Waals surface area contributed by atoms with Crippen LogP contribution in [0.25, 0.3) is 11.1 Å². The van der Waals surface area contributed by atoms with E-state index in [1.54, 1.807) is 12.1 Å². The standard InChI is InChI=1S/C17H17NO3/c1-17(2,12-6-4-3-5-7-12)15(19)11-8-9-13-14(10-11)21-16(20)18-13/h3-10,15,19H,1-2H3,(H,18,20). The highest BCUT2D eigenvalue weighted by atomic mass is 16.4. The average molecular weight is 283 g/mol. The summed E-state index contributed by atoms with van der Waals surface area (Å²) in [7, 11) is 0. The third kappa shape index (κ3) is 2.38. The van der Waals surface area contributed by atoms with Crippen molar-refractivity contribution >= 4 is 11.1 Å². The van der Waals surface area contributed by atoms with E-state index in [0.29, 0.717) is 11.1 Å². The van der Waals surface area contributed by atoms with Crippen LogP contribution in [0.5, 0.6) is 0 Å². The SMILES string of the molecule is CC(C)(c1ccccc1)C(O)c1ccc2[nH]c(=O)oc2c1. The van der Waals surface area contributed by atoms with E-state index in [2.05, 4.69) is 4.98 Å². The van der Waals surface area contributed by atoms with Crippen LogP contribution in [-0.2, 0) is 5.41 Å². The zero-order valence-corrected chi connectivity index (χ0v) is 12.0. The number of aromatic nitrogens is 1. The fraction of sp³-hybridized carbons (Fsp3) is 0.235. The maximum atomic E-state index is 11.2. The molecule has 3 aromatic rings. The monoisotopic (exact) mass is 283 g/mol. The van der Waals surface area contributed by atoms with Crippen LogP contribution in [0.3, 0.4) is 0 Å². The quantitative estimate of drug-likeness (QED) is 0.776. The molecule has 4 heteroatoms. The highest BCUT2D eigenvalue weighted by Gasteiger charge is 2.31. The summed E-state index contributed by atoms with van der Waals surface area (Å²) in [6.07, 6.45) is -0.704. The topological polar surface area (TPSA) is 66.2 Å². The third-order valence-electron chi connectivity index (χ3n) is 3.96. The molecule has 0 amide bonds. The van der Waals surface area contributed by atoms with E-state index in [-0.39, 0.29) is 0 Å². The normalized spacial score (nSPS) is 13.5. The molecule has 2 N–H and O–H groups in total. The van der Waals surface area contributed by atoms with Gasteiger partial charge >= 0.3 is 5.76 Å². The third-order valence-corrected chi connectivity index (χ3v) is 3.96. The molecule has 3 rings (SSSR count). The summed E-state index contributed by atoms with van der Waals surface area (Å²) in [5.74, 6) is -0.487. The van der Waals surface area contributed by atoms with Gasteiger partial charge in [-0.05, 0) is 23.3 Å². The highest BCUT2D eigenvalue weighted by molar-refractivity contribution is 5.73. The highest BCUT2D eigenvalue weighted by Crippen LogP contribution is 2.37. The van der Waals surface area contributed by atoms with E-state index in [1.807, 2.05) is 50.2 Å². The molecule has 0 aliphatic heterocycles. The number of H-pyrrole nitrogens is 1. The van der Waals surface area contributed by atoms with Gasteiger partial charge in [-0.3, -0.25) is 4.98 Å². The van der Waals surface area contributed by atoms with Crippen LogP contribution >= 0.6 is 0 Å². The van der Waals surface area contributed by atoms with E-state index >= 15 is 0 Å². The van der Waals surface area contributed by atoms with Gasteiger partial charge in [0.25, 0.3) is 0 Å². The molecule has 108 valence electrons. The Bertz CT molecular complexity index is 815. The number of oxazole rings is 1. The lowest BCUT2D eigenvalue weighted by Crippen LogP contribution is -2.26. The van der Waals surface area contributed by atoms with Crippen LogP contribution in [0.2, 0.25) is 0 Å². The summed E-state index contributed by atoms with van der Waals surface area (Å²) >= 11 is 0. The van der Waals surface area contributed by atoms with Crippen LogP contribution in [0.4, 0.5) is 0 Å². The van der Waals surface area contributed by atoms with Crippen LogP contribution < -0.4 is 5.76 Å². The van der Waals surface area contributed by atoms with Gasteiger partial charge in [0.15, 0.2) is 5.58 Å². The Morgan fingerprint density at radius 3 is 2.57 bits per heavy atom. The van der Waals surface area contributed by atoms with Gasteiger partial charge in [-0.25, -0.2) is 4.79 Å². The molecule has 0 saturated carbocycles. The number of benzene rings is 2. The van der Waals surface area contributed by atoms with Crippen molar-refractivity contribution in [3.8, 4) is 0 Å². The van der Waals surface area contributed by atoms with Crippen LogP contribution in [-0.4, -0.2) is 10.1 Å². The average Bonchev–Trinajstić information content (AvgIpc) is 2.86. The van der Waals surface area contributed by atoms with Gasteiger partial charge in [0.05, 0.1) is 11.6 Å². The van der Waals surface area contributed by atoms with Crippen molar-refractivity contribution in [3.05, 3.63) is 70.2 Å². The first kappa shape index (κ1) is 13.6. The Kier molecular flexibility index (Phi) is 3.18. The van der Waals surface area contributed by atoms with Gasteiger partial charge in [-0.2, -0.15) is 0 Å².